The molecule has 3 N–H and O–H groups in total. The van der Waals surface area contributed by atoms with Crippen LogP contribution in [0, 0.1) is 0 Å². The van der Waals surface area contributed by atoms with Crippen molar-refractivity contribution in [1.82, 2.24) is 5.43 Å². The third kappa shape index (κ3) is 3.85. The fraction of sp³-hybridized carbons (Fsp3) is 0.500. The normalized spacial score (nSPS) is 14.4. The predicted octanol–water partition coefficient (Wildman–Crippen LogP) is 2.28. The molecule has 0 heterocycles. The van der Waals surface area contributed by atoms with Crippen LogP contribution in [0.4, 0.5) is 0 Å². The lowest BCUT2D eigenvalue weighted by atomic mass is 10.0. The molecule has 0 saturated heterocycles. The molecule has 0 radical (unpaired) electrons. The summed E-state index contributed by atoms with van der Waals surface area (Å²) in [5, 5.41) is 0.658. The van der Waals surface area contributed by atoms with Gasteiger partial charge >= 0.3 is 0 Å². The first-order valence-electron chi connectivity index (χ1n) is 5.44. The molecule has 0 aromatic heterocycles. The molecule has 0 spiro atoms. The Bertz CT molecular complexity index is 360. The van der Waals surface area contributed by atoms with E-state index in [1.54, 1.807) is 20.3 Å². The summed E-state index contributed by atoms with van der Waals surface area (Å²) < 4.78 is 10.5. The first-order valence-corrected chi connectivity index (χ1v) is 5.82. The number of hydrogen-bond donors (Lipinski definition) is 2. The van der Waals surface area contributed by atoms with Crippen molar-refractivity contribution < 1.29 is 9.47 Å². The third-order valence-corrected chi connectivity index (χ3v) is 2.97. The summed E-state index contributed by atoms with van der Waals surface area (Å²) in [6.07, 6.45) is 0.837. The van der Waals surface area contributed by atoms with E-state index in [4.69, 9.17) is 26.9 Å². The number of rotatable bonds is 6. The molecule has 0 amide bonds. The molecule has 1 aromatic carbocycles. The average molecular weight is 259 g/mol. The van der Waals surface area contributed by atoms with Crippen molar-refractivity contribution in [3.63, 3.8) is 0 Å². The second-order valence-corrected chi connectivity index (χ2v) is 4.32. The van der Waals surface area contributed by atoms with Gasteiger partial charge in [0.15, 0.2) is 0 Å². The van der Waals surface area contributed by atoms with Crippen molar-refractivity contribution >= 4 is 11.6 Å². The Morgan fingerprint density at radius 2 is 2.12 bits per heavy atom. The zero-order valence-corrected chi connectivity index (χ0v) is 11.1. The Labute approximate surface area is 107 Å². The monoisotopic (exact) mass is 258 g/mol. The maximum absolute atomic E-state index is 5.99. The predicted molar refractivity (Wildman–Crippen MR) is 69.2 cm³/mol. The molecular weight excluding hydrogens is 240 g/mol. The number of methoxy groups -OCH3 is 2. The van der Waals surface area contributed by atoms with Gasteiger partial charge in [-0.3, -0.25) is 11.3 Å². The standard InChI is InChI=1S/C12H19ClN2O2/c1-8(16-2)6-11(15-14)10-7-9(13)4-5-12(10)17-3/h4-5,7-8,11,15H,6,14H2,1-3H3. The minimum atomic E-state index is -0.0569. The molecule has 1 aromatic rings. The van der Waals surface area contributed by atoms with Gasteiger partial charge in [-0.2, -0.15) is 0 Å². The van der Waals surface area contributed by atoms with Gasteiger partial charge in [0.2, 0.25) is 0 Å². The lowest BCUT2D eigenvalue weighted by Crippen LogP contribution is -2.31. The Balaban J connectivity index is 2.97. The van der Waals surface area contributed by atoms with E-state index < -0.39 is 0 Å². The van der Waals surface area contributed by atoms with Crippen molar-refractivity contribution in [3.05, 3.63) is 28.8 Å². The van der Waals surface area contributed by atoms with E-state index in [1.807, 2.05) is 19.1 Å². The summed E-state index contributed by atoms with van der Waals surface area (Å²) in [6.45, 7) is 1.99. The maximum atomic E-state index is 5.99. The SMILES string of the molecule is COc1ccc(Cl)cc1C(CC(C)OC)NN. The van der Waals surface area contributed by atoms with Gasteiger partial charge in [0.1, 0.15) is 5.75 Å². The quantitative estimate of drug-likeness (QED) is 0.607. The van der Waals surface area contributed by atoms with Crippen LogP contribution in [0.5, 0.6) is 5.75 Å². The van der Waals surface area contributed by atoms with Gasteiger partial charge in [-0.1, -0.05) is 11.6 Å². The van der Waals surface area contributed by atoms with Crippen molar-refractivity contribution in [2.75, 3.05) is 14.2 Å². The minimum absolute atomic E-state index is 0.0569. The van der Waals surface area contributed by atoms with Crippen molar-refractivity contribution in [2.24, 2.45) is 5.84 Å². The molecule has 1 rings (SSSR count). The van der Waals surface area contributed by atoms with Gasteiger partial charge < -0.3 is 9.47 Å². The van der Waals surface area contributed by atoms with E-state index in [-0.39, 0.29) is 12.1 Å². The molecule has 96 valence electrons. The minimum Gasteiger partial charge on any atom is -0.496 e. The summed E-state index contributed by atoms with van der Waals surface area (Å²) in [6, 6.07) is 5.42. The van der Waals surface area contributed by atoms with Gasteiger partial charge in [0, 0.05) is 17.7 Å². The van der Waals surface area contributed by atoms with E-state index in [0.717, 1.165) is 17.7 Å². The molecule has 0 aliphatic rings. The van der Waals surface area contributed by atoms with Crippen LogP contribution in [0.25, 0.3) is 0 Å². The summed E-state index contributed by atoms with van der Waals surface area (Å²) >= 11 is 5.99. The van der Waals surface area contributed by atoms with E-state index in [1.165, 1.54) is 0 Å². The van der Waals surface area contributed by atoms with Crippen LogP contribution in [-0.4, -0.2) is 20.3 Å². The molecule has 0 saturated carbocycles. The molecule has 0 bridgehead atoms. The number of hydrazine groups is 1. The van der Waals surface area contributed by atoms with Gasteiger partial charge in [-0.05, 0) is 31.5 Å². The van der Waals surface area contributed by atoms with Gasteiger partial charge in [-0.25, -0.2) is 0 Å². The molecular formula is C12H19ClN2O2. The van der Waals surface area contributed by atoms with E-state index in [2.05, 4.69) is 5.43 Å². The van der Waals surface area contributed by atoms with Crippen LogP contribution < -0.4 is 16.0 Å². The smallest absolute Gasteiger partial charge is 0.123 e. The second kappa shape index (κ2) is 6.81. The highest BCUT2D eigenvalue weighted by atomic mass is 35.5. The molecule has 17 heavy (non-hydrogen) atoms. The average Bonchev–Trinajstić information content (AvgIpc) is 2.35. The zero-order valence-electron chi connectivity index (χ0n) is 10.4. The molecule has 4 nitrogen and oxygen atoms in total. The zero-order chi connectivity index (χ0) is 12.8. The van der Waals surface area contributed by atoms with Crippen LogP contribution in [0.15, 0.2) is 18.2 Å². The fourth-order valence-electron chi connectivity index (χ4n) is 1.69. The molecule has 0 fully saturated rings. The second-order valence-electron chi connectivity index (χ2n) is 3.89. The molecule has 2 unspecified atom stereocenters. The van der Waals surface area contributed by atoms with E-state index in [0.29, 0.717) is 5.02 Å². The number of nitrogens with two attached hydrogens (primary N) is 1. The summed E-state index contributed by atoms with van der Waals surface area (Å²) in [5.74, 6) is 6.34. The van der Waals surface area contributed by atoms with Gasteiger partial charge in [0.25, 0.3) is 0 Å². The Morgan fingerprint density at radius 3 is 2.65 bits per heavy atom. The van der Waals surface area contributed by atoms with E-state index >= 15 is 0 Å². The summed E-state index contributed by atoms with van der Waals surface area (Å²) in [5.41, 5.74) is 3.70. The molecule has 0 aliphatic carbocycles. The fourth-order valence-corrected chi connectivity index (χ4v) is 1.87. The van der Waals surface area contributed by atoms with Crippen molar-refractivity contribution in [3.8, 4) is 5.75 Å². The van der Waals surface area contributed by atoms with Crippen LogP contribution in [0.2, 0.25) is 5.02 Å². The molecule has 5 heteroatoms. The maximum Gasteiger partial charge on any atom is 0.123 e. The lowest BCUT2D eigenvalue weighted by molar-refractivity contribution is 0.100. The summed E-state index contributed by atoms with van der Waals surface area (Å²) in [7, 11) is 3.30. The lowest BCUT2D eigenvalue weighted by Gasteiger charge is -2.22. The molecule has 2 atom stereocenters. The third-order valence-electron chi connectivity index (χ3n) is 2.74. The highest BCUT2D eigenvalue weighted by Crippen LogP contribution is 2.30. The van der Waals surface area contributed by atoms with Gasteiger partial charge in [0.05, 0.1) is 19.3 Å². The van der Waals surface area contributed by atoms with Crippen LogP contribution >= 0.6 is 11.6 Å². The number of hydrogen-bond acceptors (Lipinski definition) is 4. The Hall–Kier alpha value is -0.810. The Kier molecular flexibility index (Phi) is 5.71. The number of ether oxygens (including phenoxy) is 2. The van der Waals surface area contributed by atoms with Crippen LogP contribution in [0.3, 0.4) is 0 Å². The largest absolute Gasteiger partial charge is 0.496 e. The first kappa shape index (κ1) is 14.3. The van der Waals surface area contributed by atoms with Gasteiger partial charge in [-0.15, -0.1) is 0 Å². The number of halogens is 1. The summed E-state index contributed by atoms with van der Waals surface area (Å²) in [4.78, 5) is 0. The Morgan fingerprint density at radius 1 is 1.41 bits per heavy atom. The highest BCUT2D eigenvalue weighted by molar-refractivity contribution is 6.30. The first-order chi connectivity index (χ1) is 8.12. The van der Waals surface area contributed by atoms with Crippen molar-refractivity contribution in [2.45, 2.75) is 25.5 Å². The molecule has 0 aliphatic heterocycles. The van der Waals surface area contributed by atoms with Crippen LogP contribution in [-0.2, 0) is 4.74 Å². The highest BCUT2D eigenvalue weighted by Gasteiger charge is 2.18. The number of nitrogens with one attached hydrogen (secondary N) is 1. The van der Waals surface area contributed by atoms with Crippen molar-refractivity contribution in [1.29, 1.82) is 0 Å². The van der Waals surface area contributed by atoms with E-state index in [9.17, 15) is 0 Å². The van der Waals surface area contributed by atoms with Crippen LogP contribution in [0.1, 0.15) is 24.9 Å². The topological polar surface area (TPSA) is 56.5 Å². The number of benzene rings is 1.